The van der Waals surface area contributed by atoms with Crippen LogP contribution < -0.4 is 10.5 Å². The van der Waals surface area contributed by atoms with Gasteiger partial charge in [0.2, 0.25) is 0 Å². The summed E-state index contributed by atoms with van der Waals surface area (Å²) in [4.78, 5) is 11.3. The molecule has 4 nitrogen and oxygen atoms in total. The van der Waals surface area contributed by atoms with Crippen LogP contribution in [0.15, 0.2) is 40.4 Å². The summed E-state index contributed by atoms with van der Waals surface area (Å²) >= 11 is 3.60. The van der Waals surface area contributed by atoms with Gasteiger partial charge in [0.1, 0.15) is 17.4 Å². The standard InChI is InChI=1S/C21H21BrN2O2/c1-4-26-20-11-16(8-17(12-23)21(24)25)10-19(22)18(20)9-15-6-13(2)5-14(3)7-15/h5-8,10-11H,4,9H2,1-3H3,(H2,24,25)/b17-8+. The number of benzene rings is 2. The zero-order chi connectivity index (χ0) is 19.3. The Morgan fingerprint density at radius 3 is 2.42 bits per heavy atom. The Morgan fingerprint density at radius 2 is 1.88 bits per heavy atom. The second-order valence-electron chi connectivity index (χ2n) is 6.12. The molecule has 0 fully saturated rings. The Kier molecular flexibility index (Phi) is 6.59. The lowest BCUT2D eigenvalue weighted by Crippen LogP contribution is -2.12. The van der Waals surface area contributed by atoms with Crippen LogP contribution in [0, 0.1) is 25.2 Å². The van der Waals surface area contributed by atoms with Gasteiger partial charge in [0.25, 0.3) is 5.91 Å². The van der Waals surface area contributed by atoms with Gasteiger partial charge in [-0.15, -0.1) is 0 Å². The maximum absolute atomic E-state index is 11.3. The lowest BCUT2D eigenvalue weighted by atomic mass is 9.98. The number of rotatable bonds is 6. The van der Waals surface area contributed by atoms with Crippen LogP contribution in [-0.2, 0) is 11.2 Å². The smallest absolute Gasteiger partial charge is 0.259 e. The fourth-order valence-electron chi connectivity index (χ4n) is 2.87. The number of amides is 1. The Morgan fingerprint density at radius 1 is 1.23 bits per heavy atom. The molecular weight excluding hydrogens is 392 g/mol. The van der Waals surface area contributed by atoms with Crippen molar-refractivity contribution in [3.8, 4) is 11.8 Å². The molecule has 0 heterocycles. The van der Waals surface area contributed by atoms with Crippen molar-refractivity contribution in [3.63, 3.8) is 0 Å². The first-order chi connectivity index (χ1) is 12.3. The van der Waals surface area contributed by atoms with E-state index in [1.807, 2.05) is 25.1 Å². The van der Waals surface area contributed by atoms with Gasteiger partial charge in [-0.25, -0.2) is 0 Å². The normalized spacial score (nSPS) is 11.1. The molecule has 0 aliphatic heterocycles. The lowest BCUT2D eigenvalue weighted by Gasteiger charge is -2.15. The second-order valence-corrected chi connectivity index (χ2v) is 6.97. The minimum absolute atomic E-state index is 0.0959. The molecule has 0 aliphatic carbocycles. The summed E-state index contributed by atoms with van der Waals surface area (Å²) in [6.07, 6.45) is 2.18. The number of nitrogens with two attached hydrogens (primary N) is 1. The highest BCUT2D eigenvalue weighted by Crippen LogP contribution is 2.32. The van der Waals surface area contributed by atoms with E-state index in [4.69, 9.17) is 15.7 Å². The van der Waals surface area contributed by atoms with Gasteiger partial charge in [0.15, 0.2) is 0 Å². The van der Waals surface area contributed by atoms with Crippen LogP contribution >= 0.6 is 15.9 Å². The monoisotopic (exact) mass is 412 g/mol. The third-order valence-corrected chi connectivity index (χ3v) is 4.54. The highest BCUT2D eigenvalue weighted by Gasteiger charge is 2.13. The molecule has 0 unspecified atom stereocenters. The number of nitriles is 1. The number of halogens is 1. The summed E-state index contributed by atoms with van der Waals surface area (Å²) in [6, 6.07) is 12.0. The molecule has 0 aliphatic rings. The molecule has 2 aromatic carbocycles. The fraction of sp³-hybridized carbons (Fsp3) is 0.238. The van der Waals surface area contributed by atoms with Gasteiger partial charge in [-0.3, -0.25) is 4.79 Å². The number of primary amides is 1. The van der Waals surface area contributed by atoms with Crippen LogP contribution in [0.2, 0.25) is 0 Å². The maximum Gasteiger partial charge on any atom is 0.259 e. The van der Waals surface area contributed by atoms with E-state index >= 15 is 0 Å². The number of nitrogens with zero attached hydrogens (tertiary/aromatic N) is 1. The number of hydrogen-bond donors (Lipinski definition) is 1. The van der Waals surface area contributed by atoms with Crippen LogP contribution in [-0.4, -0.2) is 12.5 Å². The predicted octanol–water partition coefficient (Wildman–Crippen LogP) is 4.45. The van der Waals surface area contributed by atoms with E-state index < -0.39 is 5.91 Å². The second kappa shape index (κ2) is 8.68. The van der Waals surface area contributed by atoms with Crippen molar-refractivity contribution >= 4 is 27.9 Å². The molecule has 0 bridgehead atoms. The molecule has 5 heteroatoms. The Labute approximate surface area is 162 Å². The van der Waals surface area contributed by atoms with Crippen molar-refractivity contribution < 1.29 is 9.53 Å². The van der Waals surface area contributed by atoms with Crippen molar-refractivity contribution in [2.24, 2.45) is 5.73 Å². The van der Waals surface area contributed by atoms with E-state index in [2.05, 4.69) is 48.0 Å². The van der Waals surface area contributed by atoms with Crippen molar-refractivity contribution in [2.45, 2.75) is 27.2 Å². The SMILES string of the molecule is CCOc1cc(/C=C(\C#N)C(N)=O)cc(Br)c1Cc1cc(C)cc(C)c1. The van der Waals surface area contributed by atoms with E-state index in [1.165, 1.54) is 22.8 Å². The summed E-state index contributed by atoms with van der Waals surface area (Å²) in [7, 11) is 0. The molecule has 2 rings (SSSR count). The number of aryl methyl sites for hydroxylation is 2. The van der Waals surface area contributed by atoms with Gasteiger partial charge >= 0.3 is 0 Å². The predicted molar refractivity (Wildman–Crippen MR) is 107 cm³/mol. The summed E-state index contributed by atoms with van der Waals surface area (Å²) in [5, 5.41) is 9.04. The summed E-state index contributed by atoms with van der Waals surface area (Å²) < 4.78 is 6.67. The largest absolute Gasteiger partial charge is 0.494 e. The number of hydrogen-bond acceptors (Lipinski definition) is 3. The van der Waals surface area contributed by atoms with Crippen LogP contribution in [0.3, 0.4) is 0 Å². The van der Waals surface area contributed by atoms with Crippen LogP contribution in [0.4, 0.5) is 0 Å². The number of carbonyl (C=O) groups is 1. The van der Waals surface area contributed by atoms with Gasteiger partial charge in [0, 0.05) is 16.5 Å². The van der Waals surface area contributed by atoms with E-state index in [0.29, 0.717) is 24.3 Å². The van der Waals surface area contributed by atoms with Gasteiger partial charge in [-0.2, -0.15) is 5.26 Å². The van der Waals surface area contributed by atoms with Gasteiger partial charge in [-0.1, -0.05) is 45.3 Å². The molecule has 0 saturated carbocycles. The number of carbonyl (C=O) groups excluding carboxylic acids is 1. The third-order valence-electron chi connectivity index (χ3n) is 3.84. The first kappa shape index (κ1) is 19.7. The summed E-state index contributed by atoms with van der Waals surface area (Å²) in [6.45, 7) is 6.59. The van der Waals surface area contributed by atoms with E-state index in [-0.39, 0.29) is 5.57 Å². The maximum atomic E-state index is 11.3. The quantitative estimate of drug-likeness (QED) is 0.562. The first-order valence-electron chi connectivity index (χ1n) is 8.28. The zero-order valence-corrected chi connectivity index (χ0v) is 16.7. The van der Waals surface area contributed by atoms with Crippen LogP contribution in [0.25, 0.3) is 6.08 Å². The summed E-state index contributed by atoms with van der Waals surface area (Å²) in [5.74, 6) is -0.0325. The lowest BCUT2D eigenvalue weighted by molar-refractivity contribution is -0.114. The van der Waals surface area contributed by atoms with Gasteiger partial charge in [-0.05, 0) is 50.1 Å². The Balaban J connectivity index is 2.50. The van der Waals surface area contributed by atoms with E-state index in [9.17, 15) is 4.79 Å². The van der Waals surface area contributed by atoms with E-state index in [0.717, 1.165) is 10.0 Å². The summed E-state index contributed by atoms with van der Waals surface area (Å²) in [5.41, 5.74) is 10.5. The average molecular weight is 413 g/mol. The fourth-order valence-corrected chi connectivity index (χ4v) is 3.47. The van der Waals surface area contributed by atoms with Gasteiger partial charge < -0.3 is 10.5 Å². The zero-order valence-electron chi connectivity index (χ0n) is 15.1. The third kappa shape index (κ3) is 4.96. The minimum atomic E-state index is -0.749. The molecule has 0 radical (unpaired) electrons. The van der Waals surface area contributed by atoms with Crippen LogP contribution in [0.5, 0.6) is 5.75 Å². The molecule has 2 aromatic rings. The first-order valence-corrected chi connectivity index (χ1v) is 9.07. The Hall–Kier alpha value is -2.58. The Bertz CT molecular complexity index is 891. The number of ether oxygens (including phenoxy) is 1. The van der Waals surface area contributed by atoms with Crippen molar-refractivity contribution in [2.75, 3.05) is 6.61 Å². The molecule has 0 atom stereocenters. The molecule has 2 N–H and O–H groups in total. The highest BCUT2D eigenvalue weighted by molar-refractivity contribution is 9.10. The molecule has 1 amide bonds. The molecule has 0 saturated heterocycles. The van der Waals surface area contributed by atoms with Crippen molar-refractivity contribution in [1.82, 2.24) is 0 Å². The molecule has 134 valence electrons. The van der Waals surface area contributed by atoms with Gasteiger partial charge in [0.05, 0.1) is 6.61 Å². The molecule has 0 aromatic heterocycles. The highest BCUT2D eigenvalue weighted by atomic mass is 79.9. The van der Waals surface area contributed by atoms with Crippen LogP contribution in [0.1, 0.15) is 34.7 Å². The topological polar surface area (TPSA) is 76.1 Å². The molecular formula is C21H21BrN2O2. The van der Waals surface area contributed by atoms with Crippen molar-refractivity contribution in [3.05, 3.63) is 68.2 Å². The molecule has 26 heavy (non-hydrogen) atoms. The van der Waals surface area contributed by atoms with E-state index in [1.54, 1.807) is 0 Å². The average Bonchev–Trinajstić information content (AvgIpc) is 2.54. The van der Waals surface area contributed by atoms with Crippen molar-refractivity contribution in [1.29, 1.82) is 5.26 Å². The minimum Gasteiger partial charge on any atom is -0.494 e. The molecule has 0 spiro atoms.